The van der Waals surface area contributed by atoms with Crippen molar-refractivity contribution in [2.45, 2.75) is 45.1 Å². The van der Waals surface area contributed by atoms with Crippen molar-refractivity contribution in [2.75, 3.05) is 13.7 Å². The first-order chi connectivity index (χ1) is 11.1. The van der Waals surface area contributed by atoms with Crippen molar-refractivity contribution >= 4 is 11.9 Å². The molecular formula is C18H25NO4. The van der Waals surface area contributed by atoms with Crippen LogP contribution >= 0.6 is 0 Å². The maximum absolute atomic E-state index is 12.2. The fourth-order valence-electron chi connectivity index (χ4n) is 2.87. The molecule has 5 nitrogen and oxygen atoms in total. The van der Waals surface area contributed by atoms with Crippen molar-refractivity contribution in [3.05, 3.63) is 29.8 Å². The molecule has 0 aliphatic heterocycles. The molecule has 1 fully saturated rings. The number of hydrogen-bond donors (Lipinski definition) is 1. The third-order valence-corrected chi connectivity index (χ3v) is 4.27. The van der Waals surface area contributed by atoms with Gasteiger partial charge in [0.25, 0.3) is 5.91 Å². The summed E-state index contributed by atoms with van der Waals surface area (Å²) in [5.41, 5.74) is 0.321. The van der Waals surface area contributed by atoms with Gasteiger partial charge in [0.2, 0.25) is 0 Å². The lowest BCUT2D eigenvalue weighted by Crippen LogP contribution is -2.38. The first kappa shape index (κ1) is 17.3. The van der Waals surface area contributed by atoms with Crippen molar-refractivity contribution < 1.29 is 19.1 Å². The Morgan fingerprint density at radius 1 is 1.22 bits per heavy atom. The summed E-state index contributed by atoms with van der Waals surface area (Å²) in [5, 5.41) is 2.89. The summed E-state index contributed by atoms with van der Waals surface area (Å²) in [6, 6.07) is 6.81. The van der Waals surface area contributed by atoms with Gasteiger partial charge in [-0.25, -0.2) is 4.79 Å². The molecule has 5 heteroatoms. The van der Waals surface area contributed by atoms with E-state index >= 15 is 0 Å². The highest BCUT2D eigenvalue weighted by molar-refractivity contribution is 5.94. The van der Waals surface area contributed by atoms with Crippen LogP contribution in [-0.2, 0) is 9.53 Å². The zero-order chi connectivity index (χ0) is 16.7. The number of benzene rings is 1. The van der Waals surface area contributed by atoms with Crippen LogP contribution in [0.25, 0.3) is 0 Å². The molecule has 1 saturated carbocycles. The average molecular weight is 319 g/mol. The second kappa shape index (κ2) is 8.56. The molecule has 0 saturated heterocycles. The molecule has 23 heavy (non-hydrogen) atoms. The zero-order valence-corrected chi connectivity index (χ0v) is 13.8. The summed E-state index contributed by atoms with van der Waals surface area (Å²) >= 11 is 0. The van der Waals surface area contributed by atoms with E-state index < -0.39 is 12.1 Å². The summed E-state index contributed by atoms with van der Waals surface area (Å²) < 4.78 is 10.4. The number of ether oxygens (including phenoxy) is 2. The standard InChI is InChI=1S/C18H25NO4/c1-13(17(20)19-12-14-8-4-3-5-9-14)23-18(21)15-10-6-7-11-16(15)22-2/h6-7,10-11,13-14H,3-5,8-9,12H2,1-2H3,(H,19,20). The minimum absolute atomic E-state index is 0.251. The van der Waals surface area contributed by atoms with Crippen LogP contribution in [0.15, 0.2) is 24.3 Å². The molecule has 1 aromatic rings. The lowest BCUT2D eigenvalue weighted by molar-refractivity contribution is -0.129. The largest absolute Gasteiger partial charge is 0.496 e. The third kappa shape index (κ3) is 4.98. The van der Waals surface area contributed by atoms with Gasteiger partial charge in [0.15, 0.2) is 6.10 Å². The Balaban J connectivity index is 1.83. The van der Waals surface area contributed by atoms with E-state index in [-0.39, 0.29) is 5.91 Å². The minimum Gasteiger partial charge on any atom is -0.496 e. The third-order valence-electron chi connectivity index (χ3n) is 4.27. The predicted octanol–water partition coefficient (Wildman–Crippen LogP) is 2.94. The molecule has 1 aliphatic carbocycles. The number of rotatable bonds is 6. The smallest absolute Gasteiger partial charge is 0.342 e. The van der Waals surface area contributed by atoms with E-state index in [1.165, 1.54) is 26.4 Å². The van der Waals surface area contributed by atoms with Gasteiger partial charge in [0.1, 0.15) is 11.3 Å². The summed E-state index contributed by atoms with van der Waals surface area (Å²) in [5.74, 6) is 0.179. The fraction of sp³-hybridized carbons (Fsp3) is 0.556. The van der Waals surface area contributed by atoms with Crippen molar-refractivity contribution in [1.82, 2.24) is 5.32 Å². The number of para-hydroxylation sites is 1. The number of hydrogen-bond acceptors (Lipinski definition) is 4. The number of amides is 1. The molecule has 0 spiro atoms. The maximum Gasteiger partial charge on any atom is 0.342 e. The second-order valence-electron chi connectivity index (χ2n) is 6.00. The molecule has 0 radical (unpaired) electrons. The predicted molar refractivity (Wildman–Crippen MR) is 87.5 cm³/mol. The normalized spacial score (nSPS) is 16.4. The molecule has 0 aromatic heterocycles. The van der Waals surface area contributed by atoms with Gasteiger partial charge in [-0.3, -0.25) is 4.79 Å². The SMILES string of the molecule is COc1ccccc1C(=O)OC(C)C(=O)NCC1CCCCC1. The fourth-order valence-corrected chi connectivity index (χ4v) is 2.87. The lowest BCUT2D eigenvalue weighted by Gasteiger charge is -2.22. The van der Waals surface area contributed by atoms with Gasteiger partial charge < -0.3 is 14.8 Å². The Kier molecular flexibility index (Phi) is 6.44. The van der Waals surface area contributed by atoms with Gasteiger partial charge in [-0.1, -0.05) is 31.4 Å². The Labute approximate surface area is 137 Å². The van der Waals surface area contributed by atoms with Crippen LogP contribution < -0.4 is 10.1 Å². The summed E-state index contributed by atoms with van der Waals surface area (Å²) in [6.07, 6.45) is 5.26. The van der Waals surface area contributed by atoms with Crippen molar-refractivity contribution in [3.63, 3.8) is 0 Å². The molecule has 1 aliphatic rings. The van der Waals surface area contributed by atoms with E-state index in [1.54, 1.807) is 31.2 Å². The van der Waals surface area contributed by atoms with Crippen LogP contribution in [0.2, 0.25) is 0 Å². The first-order valence-electron chi connectivity index (χ1n) is 8.23. The van der Waals surface area contributed by atoms with Gasteiger partial charge in [-0.15, -0.1) is 0 Å². The molecule has 1 unspecified atom stereocenters. The van der Waals surface area contributed by atoms with Crippen LogP contribution in [-0.4, -0.2) is 31.6 Å². The zero-order valence-electron chi connectivity index (χ0n) is 13.8. The molecule has 1 N–H and O–H groups in total. The van der Waals surface area contributed by atoms with Crippen LogP contribution in [0.5, 0.6) is 5.75 Å². The summed E-state index contributed by atoms with van der Waals surface area (Å²) in [4.78, 5) is 24.3. The number of esters is 1. The highest BCUT2D eigenvalue weighted by Crippen LogP contribution is 2.23. The lowest BCUT2D eigenvalue weighted by atomic mass is 9.89. The van der Waals surface area contributed by atoms with E-state index in [9.17, 15) is 9.59 Å². The Morgan fingerprint density at radius 2 is 1.91 bits per heavy atom. The van der Waals surface area contributed by atoms with Crippen LogP contribution in [0.4, 0.5) is 0 Å². The van der Waals surface area contributed by atoms with Gasteiger partial charge in [0, 0.05) is 6.54 Å². The number of carbonyl (C=O) groups is 2. The molecular weight excluding hydrogens is 294 g/mol. The Hall–Kier alpha value is -2.04. The van der Waals surface area contributed by atoms with E-state index in [4.69, 9.17) is 9.47 Å². The number of nitrogens with one attached hydrogen (secondary N) is 1. The molecule has 2 rings (SSSR count). The van der Waals surface area contributed by atoms with Gasteiger partial charge in [-0.05, 0) is 37.8 Å². The number of carbonyl (C=O) groups excluding carboxylic acids is 2. The maximum atomic E-state index is 12.2. The van der Waals surface area contributed by atoms with Gasteiger partial charge in [-0.2, -0.15) is 0 Å². The van der Waals surface area contributed by atoms with E-state index in [1.807, 2.05) is 0 Å². The topological polar surface area (TPSA) is 64.6 Å². The van der Waals surface area contributed by atoms with Crippen molar-refractivity contribution in [2.24, 2.45) is 5.92 Å². The second-order valence-corrected chi connectivity index (χ2v) is 6.00. The molecule has 1 atom stereocenters. The van der Waals surface area contributed by atoms with E-state index in [0.717, 1.165) is 12.8 Å². The Morgan fingerprint density at radius 3 is 2.61 bits per heavy atom. The van der Waals surface area contributed by atoms with Crippen LogP contribution in [0.3, 0.4) is 0 Å². The number of methoxy groups -OCH3 is 1. The summed E-state index contributed by atoms with van der Waals surface area (Å²) in [7, 11) is 1.49. The van der Waals surface area contributed by atoms with Crippen molar-refractivity contribution in [3.8, 4) is 5.75 Å². The van der Waals surface area contributed by atoms with Gasteiger partial charge in [0.05, 0.1) is 7.11 Å². The molecule has 1 aromatic carbocycles. The van der Waals surface area contributed by atoms with Gasteiger partial charge >= 0.3 is 5.97 Å². The first-order valence-corrected chi connectivity index (χ1v) is 8.23. The van der Waals surface area contributed by atoms with Crippen LogP contribution in [0.1, 0.15) is 49.4 Å². The molecule has 0 bridgehead atoms. The van der Waals surface area contributed by atoms with E-state index in [0.29, 0.717) is 23.8 Å². The molecule has 1 amide bonds. The van der Waals surface area contributed by atoms with Crippen molar-refractivity contribution in [1.29, 1.82) is 0 Å². The van der Waals surface area contributed by atoms with E-state index in [2.05, 4.69) is 5.32 Å². The monoisotopic (exact) mass is 319 g/mol. The molecule has 0 heterocycles. The van der Waals surface area contributed by atoms with Crippen LogP contribution in [0, 0.1) is 5.92 Å². The molecule has 126 valence electrons. The average Bonchev–Trinajstić information content (AvgIpc) is 2.60. The minimum atomic E-state index is -0.823. The quantitative estimate of drug-likeness (QED) is 0.819. The Bertz CT molecular complexity index is 538. The highest BCUT2D eigenvalue weighted by atomic mass is 16.5. The summed E-state index contributed by atoms with van der Waals surface area (Å²) in [6.45, 7) is 2.25. The highest BCUT2D eigenvalue weighted by Gasteiger charge is 2.22.